The van der Waals surface area contributed by atoms with Crippen LogP contribution in [0.4, 0.5) is 0 Å². The SMILES string of the molecule is COc1cc(C=O)cc(Cl)c1OC(=O)/C=C/c1ccc(Br)cc1. The predicted octanol–water partition coefficient (Wildman–Crippen LogP) is 4.54. The number of carbonyl (C=O) groups is 2. The highest BCUT2D eigenvalue weighted by atomic mass is 79.9. The Hall–Kier alpha value is -2.11. The van der Waals surface area contributed by atoms with E-state index in [0.717, 1.165) is 10.0 Å². The molecule has 23 heavy (non-hydrogen) atoms. The fourth-order valence-electron chi connectivity index (χ4n) is 1.78. The van der Waals surface area contributed by atoms with E-state index in [-0.39, 0.29) is 16.5 Å². The monoisotopic (exact) mass is 394 g/mol. The number of halogens is 2. The van der Waals surface area contributed by atoms with Gasteiger partial charge >= 0.3 is 5.97 Å². The molecule has 0 atom stereocenters. The third kappa shape index (κ3) is 4.68. The maximum absolute atomic E-state index is 11.9. The van der Waals surface area contributed by atoms with Crippen molar-refractivity contribution in [2.75, 3.05) is 7.11 Å². The predicted molar refractivity (Wildman–Crippen MR) is 92.2 cm³/mol. The molecule has 0 fully saturated rings. The van der Waals surface area contributed by atoms with Crippen LogP contribution in [0.25, 0.3) is 6.08 Å². The molecule has 0 amide bonds. The third-order valence-electron chi connectivity index (χ3n) is 2.87. The van der Waals surface area contributed by atoms with Gasteiger partial charge in [-0.25, -0.2) is 4.79 Å². The quantitative estimate of drug-likeness (QED) is 0.323. The Morgan fingerprint density at radius 2 is 1.87 bits per heavy atom. The van der Waals surface area contributed by atoms with E-state index in [1.54, 1.807) is 6.08 Å². The molecule has 0 heterocycles. The van der Waals surface area contributed by atoms with Gasteiger partial charge in [0.15, 0.2) is 11.5 Å². The number of hydrogen-bond donors (Lipinski definition) is 0. The van der Waals surface area contributed by atoms with Crippen LogP contribution in [0.15, 0.2) is 46.9 Å². The van der Waals surface area contributed by atoms with Gasteiger partial charge in [0, 0.05) is 16.1 Å². The summed E-state index contributed by atoms with van der Waals surface area (Å²) >= 11 is 9.36. The van der Waals surface area contributed by atoms with Crippen LogP contribution in [0.5, 0.6) is 11.5 Å². The average molecular weight is 396 g/mol. The van der Waals surface area contributed by atoms with Gasteiger partial charge in [-0.05, 0) is 35.9 Å². The number of methoxy groups -OCH3 is 1. The average Bonchev–Trinajstić information content (AvgIpc) is 2.55. The second-order valence-electron chi connectivity index (χ2n) is 4.46. The van der Waals surface area contributed by atoms with E-state index in [9.17, 15) is 9.59 Å². The lowest BCUT2D eigenvalue weighted by atomic mass is 10.2. The highest BCUT2D eigenvalue weighted by molar-refractivity contribution is 9.10. The zero-order chi connectivity index (χ0) is 16.8. The zero-order valence-electron chi connectivity index (χ0n) is 12.1. The lowest BCUT2D eigenvalue weighted by Crippen LogP contribution is -2.06. The maximum atomic E-state index is 11.9. The molecule has 118 valence electrons. The van der Waals surface area contributed by atoms with Crippen molar-refractivity contribution in [3.63, 3.8) is 0 Å². The molecule has 0 aliphatic carbocycles. The van der Waals surface area contributed by atoms with Crippen LogP contribution in [0.1, 0.15) is 15.9 Å². The lowest BCUT2D eigenvalue weighted by molar-refractivity contribution is -0.129. The molecule has 0 N–H and O–H groups in total. The normalized spacial score (nSPS) is 10.6. The van der Waals surface area contributed by atoms with Gasteiger partial charge in [-0.15, -0.1) is 0 Å². The minimum absolute atomic E-state index is 0.0743. The van der Waals surface area contributed by atoms with Gasteiger partial charge in [-0.1, -0.05) is 39.7 Å². The summed E-state index contributed by atoms with van der Waals surface area (Å²) in [5, 5.41) is 0.122. The van der Waals surface area contributed by atoms with E-state index in [1.165, 1.54) is 25.3 Å². The molecule has 2 aromatic carbocycles. The number of esters is 1. The van der Waals surface area contributed by atoms with Crippen molar-refractivity contribution < 1.29 is 19.1 Å². The molecule has 2 rings (SSSR count). The highest BCUT2D eigenvalue weighted by Gasteiger charge is 2.14. The Morgan fingerprint density at radius 3 is 2.48 bits per heavy atom. The zero-order valence-corrected chi connectivity index (χ0v) is 14.4. The second-order valence-corrected chi connectivity index (χ2v) is 5.78. The number of carbonyl (C=O) groups excluding carboxylic acids is 2. The van der Waals surface area contributed by atoms with Crippen molar-refractivity contribution in [1.82, 2.24) is 0 Å². The van der Waals surface area contributed by atoms with Crippen LogP contribution < -0.4 is 9.47 Å². The van der Waals surface area contributed by atoms with Gasteiger partial charge in [0.1, 0.15) is 6.29 Å². The van der Waals surface area contributed by atoms with Crippen LogP contribution in [0, 0.1) is 0 Å². The van der Waals surface area contributed by atoms with Crippen LogP contribution >= 0.6 is 27.5 Å². The molecule has 0 bridgehead atoms. The molecule has 0 aromatic heterocycles. The number of benzene rings is 2. The van der Waals surface area contributed by atoms with Crippen molar-refractivity contribution in [3.8, 4) is 11.5 Å². The van der Waals surface area contributed by atoms with Gasteiger partial charge < -0.3 is 9.47 Å². The first-order valence-electron chi connectivity index (χ1n) is 6.51. The first-order valence-corrected chi connectivity index (χ1v) is 7.68. The molecule has 0 spiro atoms. The molecule has 0 aliphatic rings. The van der Waals surface area contributed by atoms with Crippen LogP contribution in [-0.2, 0) is 4.79 Å². The third-order valence-corrected chi connectivity index (χ3v) is 3.68. The minimum atomic E-state index is -0.605. The number of rotatable bonds is 5. The highest BCUT2D eigenvalue weighted by Crippen LogP contribution is 2.36. The van der Waals surface area contributed by atoms with Gasteiger partial charge in [-0.2, -0.15) is 0 Å². The summed E-state index contributed by atoms with van der Waals surface area (Å²) in [7, 11) is 1.40. The second kappa shape index (κ2) is 7.94. The molecular weight excluding hydrogens is 384 g/mol. The van der Waals surface area contributed by atoms with E-state index in [1.807, 2.05) is 24.3 Å². The fourth-order valence-corrected chi connectivity index (χ4v) is 2.30. The van der Waals surface area contributed by atoms with E-state index in [4.69, 9.17) is 21.1 Å². The smallest absolute Gasteiger partial charge is 0.336 e. The van der Waals surface area contributed by atoms with Crippen molar-refractivity contribution >= 4 is 45.9 Å². The van der Waals surface area contributed by atoms with Crippen LogP contribution in [0.2, 0.25) is 5.02 Å². The largest absolute Gasteiger partial charge is 0.493 e. The van der Waals surface area contributed by atoms with Crippen LogP contribution in [-0.4, -0.2) is 19.4 Å². The standard InChI is InChI=1S/C17H12BrClO4/c1-22-15-9-12(10-20)8-14(19)17(15)23-16(21)7-4-11-2-5-13(18)6-3-11/h2-10H,1H3/b7-4+. The van der Waals surface area contributed by atoms with E-state index < -0.39 is 5.97 Å². The number of ether oxygens (including phenoxy) is 2. The summed E-state index contributed by atoms with van der Waals surface area (Å²) in [6.45, 7) is 0. The molecule has 4 nitrogen and oxygen atoms in total. The summed E-state index contributed by atoms with van der Waals surface area (Å²) in [4.78, 5) is 22.7. The Balaban J connectivity index is 2.16. The topological polar surface area (TPSA) is 52.6 Å². The van der Waals surface area contributed by atoms with Gasteiger partial charge in [-0.3, -0.25) is 4.79 Å². The van der Waals surface area contributed by atoms with Crippen molar-refractivity contribution in [1.29, 1.82) is 0 Å². The minimum Gasteiger partial charge on any atom is -0.493 e. The first-order chi connectivity index (χ1) is 11.0. The fraction of sp³-hybridized carbons (Fsp3) is 0.0588. The molecular formula is C17H12BrClO4. The Morgan fingerprint density at radius 1 is 1.17 bits per heavy atom. The summed E-state index contributed by atoms with van der Waals surface area (Å²) in [6.07, 6.45) is 3.54. The molecule has 0 saturated heterocycles. The van der Waals surface area contributed by atoms with Gasteiger partial charge in [0.2, 0.25) is 0 Å². The summed E-state index contributed by atoms with van der Waals surface area (Å²) < 4.78 is 11.2. The van der Waals surface area contributed by atoms with Crippen molar-refractivity contribution in [3.05, 3.63) is 63.1 Å². The van der Waals surface area contributed by atoms with Crippen molar-refractivity contribution in [2.45, 2.75) is 0 Å². The summed E-state index contributed by atoms with van der Waals surface area (Å²) in [5.74, 6) is -0.317. The molecule has 0 radical (unpaired) electrons. The Kier molecular flexibility index (Phi) is 5.96. The van der Waals surface area contributed by atoms with Gasteiger partial charge in [0.25, 0.3) is 0 Å². The lowest BCUT2D eigenvalue weighted by Gasteiger charge is -2.10. The number of hydrogen-bond acceptors (Lipinski definition) is 4. The van der Waals surface area contributed by atoms with Crippen molar-refractivity contribution in [2.24, 2.45) is 0 Å². The summed E-state index contributed by atoms with van der Waals surface area (Å²) in [6, 6.07) is 10.3. The summed E-state index contributed by atoms with van der Waals surface area (Å²) in [5.41, 5.74) is 1.18. The first kappa shape index (κ1) is 17.2. The Bertz CT molecular complexity index is 754. The van der Waals surface area contributed by atoms with E-state index >= 15 is 0 Å². The molecule has 2 aromatic rings. The molecule has 0 aliphatic heterocycles. The molecule has 0 unspecified atom stereocenters. The maximum Gasteiger partial charge on any atom is 0.336 e. The van der Waals surface area contributed by atoms with E-state index in [2.05, 4.69) is 15.9 Å². The van der Waals surface area contributed by atoms with Gasteiger partial charge in [0.05, 0.1) is 12.1 Å². The van der Waals surface area contributed by atoms with Crippen LogP contribution in [0.3, 0.4) is 0 Å². The number of aldehydes is 1. The van der Waals surface area contributed by atoms with E-state index in [0.29, 0.717) is 11.8 Å². The molecule has 0 saturated carbocycles. The Labute approximate surface area is 146 Å². The molecule has 6 heteroatoms.